The molecule has 0 saturated heterocycles. The maximum Gasteiger partial charge on any atom is 0.417 e. The highest BCUT2D eigenvalue weighted by atomic mass is 32.2. The molecule has 0 bridgehead atoms. The summed E-state index contributed by atoms with van der Waals surface area (Å²) in [5.74, 6) is 1.36. The van der Waals surface area contributed by atoms with Gasteiger partial charge in [0.2, 0.25) is 0 Å². The minimum absolute atomic E-state index is 0.352. The van der Waals surface area contributed by atoms with Gasteiger partial charge in [0, 0.05) is 10.6 Å². The van der Waals surface area contributed by atoms with Crippen molar-refractivity contribution in [2.75, 3.05) is 12.3 Å². The van der Waals surface area contributed by atoms with Gasteiger partial charge in [-0.1, -0.05) is 18.9 Å². The van der Waals surface area contributed by atoms with E-state index < -0.39 is 11.7 Å². The Kier molecular flexibility index (Phi) is 5.38. The summed E-state index contributed by atoms with van der Waals surface area (Å²) in [5.41, 5.74) is 5.56. The Balaban J connectivity index is 2.13. The van der Waals surface area contributed by atoms with Crippen molar-refractivity contribution in [1.82, 2.24) is 0 Å². The van der Waals surface area contributed by atoms with Crippen LogP contribution in [0.15, 0.2) is 23.1 Å². The quantitative estimate of drug-likeness (QED) is 0.811. The van der Waals surface area contributed by atoms with Crippen LogP contribution in [0.2, 0.25) is 0 Å². The van der Waals surface area contributed by atoms with Crippen molar-refractivity contribution in [2.45, 2.75) is 43.2 Å². The SMILES string of the molecule is NCCc1ccc(SCC2CCCC2)c(C(F)(F)F)c1. The fourth-order valence-electron chi connectivity index (χ4n) is 2.63. The number of alkyl halides is 3. The summed E-state index contributed by atoms with van der Waals surface area (Å²) in [6.07, 6.45) is 0.929. The molecule has 0 aliphatic heterocycles. The minimum Gasteiger partial charge on any atom is -0.330 e. The van der Waals surface area contributed by atoms with Crippen molar-refractivity contribution in [3.05, 3.63) is 29.3 Å². The normalized spacial score (nSPS) is 16.8. The third kappa shape index (κ3) is 4.16. The second kappa shape index (κ2) is 6.85. The molecular weight excluding hydrogens is 283 g/mol. The number of halogens is 3. The van der Waals surface area contributed by atoms with Crippen LogP contribution in [0.1, 0.15) is 36.8 Å². The predicted octanol–water partition coefficient (Wildman–Crippen LogP) is 4.49. The van der Waals surface area contributed by atoms with Crippen LogP contribution in [-0.4, -0.2) is 12.3 Å². The lowest BCUT2D eigenvalue weighted by molar-refractivity contribution is -0.139. The second-order valence-corrected chi connectivity index (χ2v) is 6.39. The van der Waals surface area contributed by atoms with Crippen molar-refractivity contribution in [3.63, 3.8) is 0 Å². The van der Waals surface area contributed by atoms with E-state index in [4.69, 9.17) is 5.73 Å². The third-order valence-electron chi connectivity index (χ3n) is 3.73. The van der Waals surface area contributed by atoms with Crippen LogP contribution in [0, 0.1) is 5.92 Å². The molecule has 2 rings (SSSR count). The number of benzene rings is 1. The topological polar surface area (TPSA) is 26.0 Å². The van der Waals surface area contributed by atoms with Crippen LogP contribution in [0.25, 0.3) is 0 Å². The molecule has 1 nitrogen and oxygen atoms in total. The highest BCUT2D eigenvalue weighted by Gasteiger charge is 2.34. The smallest absolute Gasteiger partial charge is 0.330 e. The zero-order valence-corrected chi connectivity index (χ0v) is 12.2. The third-order valence-corrected chi connectivity index (χ3v) is 5.04. The summed E-state index contributed by atoms with van der Waals surface area (Å²) in [6.45, 7) is 0.367. The fourth-order valence-corrected chi connectivity index (χ4v) is 3.87. The first-order valence-corrected chi connectivity index (χ1v) is 8.02. The molecule has 0 atom stereocenters. The maximum atomic E-state index is 13.1. The van der Waals surface area contributed by atoms with Gasteiger partial charge in [0.1, 0.15) is 0 Å². The summed E-state index contributed by atoms with van der Waals surface area (Å²) in [4.78, 5) is 0.352. The first-order valence-electron chi connectivity index (χ1n) is 7.03. The molecular formula is C15H20F3NS. The Labute approximate surface area is 122 Å². The van der Waals surface area contributed by atoms with Gasteiger partial charge in [-0.2, -0.15) is 13.2 Å². The Morgan fingerprint density at radius 1 is 1.20 bits per heavy atom. The summed E-state index contributed by atoms with van der Waals surface area (Å²) in [5, 5.41) is 0. The van der Waals surface area contributed by atoms with E-state index >= 15 is 0 Å². The molecule has 1 fully saturated rings. The van der Waals surface area contributed by atoms with Gasteiger partial charge in [-0.25, -0.2) is 0 Å². The molecule has 1 aliphatic rings. The molecule has 1 saturated carbocycles. The molecule has 0 radical (unpaired) electrons. The van der Waals surface area contributed by atoms with E-state index in [2.05, 4.69) is 0 Å². The van der Waals surface area contributed by atoms with E-state index in [0.29, 0.717) is 29.3 Å². The standard InChI is InChI=1S/C15H20F3NS/c16-15(17,18)13-9-11(7-8-19)5-6-14(13)20-10-12-3-1-2-4-12/h5-6,9,12H,1-4,7-8,10,19H2. The van der Waals surface area contributed by atoms with Crippen molar-refractivity contribution in [3.8, 4) is 0 Å². The van der Waals surface area contributed by atoms with E-state index in [-0.39, 0.29) is 0 Å². The van der Waals surface area contributed by atoms with Gasteiger partial charge in [0.15, 0.2) is 0 Å². The maximum absolute atomic E-state index is 13.1. The summed E-state index contributed by atoms with van der Waals surface area (Å²) in [6, 6.07) is 4.62. The molecule has 20 heavy (non-hydrogen) atoms. The Hall–Kier alpha value is -0.680. The van der Waals surface area contributed by atoms with Crippen LogP contribution < -0.4 is 5.73 Å². The van der Waals surface area contributed by atoms with Gasteiger partial charge in [0.05, 0.1) is 5.56 Å². The Bertz CT molecular complexity index is 439. The summed E-state index contributed by atoms with van der Waals surface area (Å²) < 4.78 is 39.4. The molecule has 1 aromatic carbocycles. The molecule has 1 aliphatic carbocycles. The van der Waals surface area contributed by atoms with E-state index in [9.17, 15) is 13.2 Å². The number of thioether (sulfide) groups is 1. The van der Waals surface area contributed by atoms with Gasteiger partial charge in [0.25, 0.3) is 0 Å². The van der Waals surface area contributed by atoms with Crippen molar-refractivity contribution >= 4 is 11.8 Å². The van der Waals surface area contributed by atoms with Gasteiger partial charge in [-0.3, -0.25) is 0 Å². The number of hydrogen-bond donors (Lipinski definition) is 1. The second-order valence-electron chi connectivity index (χ2n) is 5.33. The molecule has 1 aromatic rings. The molecule has 112 valence electrons. The highest BCUT2D eigenvalue weighted by Crippen LogP contribution is 2.39. The lowest BCUT2D eigenvalue weighted by Gasteiger charge is -2.15. The van der Waals surface area contributed by atoms with E-state index in [1.54, 1.807) is 12.1 Å². The van der Waals surface area contributed by atoms with Crippen LogP contribution in [0.4, 0.5) is 13.2 Å². The van der Waals surface area contributed by atoms with E-state index in [1.165, 1.54) is 30.7 Å². The van der Waals surface area contributed by atoms with Gasteiger partial charge >= 0.3 is 6.18 Å². The number of rotatable bonds is 5. The highest BCUT2D eigenvalue weighted by molar-refractivity contribution is 7.99. The zero-order chi connectivity index (χ0) is 14.6. The first-order chi connectivity index (χ1) is 9.50. The Morgan fingerprint density at radius 3 is 2.50 bits per heavy atom. The molecule has 5 heteroatoms. The van der Waals surface area contributed by atoms with Crippen LogP contribution >= 0.6 is 11.8 Å². The minimum atomic E-state index is -4.29. The van der Waals surface area contributed by atoms with Crippen LogP contribution in [-0.2, 0) is 12.6 Å². The summed E-state index contributed by atoms with van der Waals surface area (Å²) in [7, 11) is 0. The van der Waals surface area contributed by atoms with Gasteiger partial charge in [-0.15, -0.1) is 11.8 Å². The van der Waals surface area contributed by atoms with Crippen molar-refractivity contribution in [2.24, 2.45) is 11.7 Å². The molecule has 0 spiro atoms. The average molecular weight is 303 g/mol. The van der Waals surface area contributed by atoms with Crippen molar-refractivity contribution < 1.29 is 13.2 Å². The van der Waals surface area contributed by atoms with E-state index in [1.807, 2.05) is 0 Å². The lowest BCUT2D eigenvalue weighted by Crippen LogP contribution is -2.10. The number of nitrogens with two attached hydrogens (primary N) is 1. The molecule has 0 unspecified atom stereocenters. The first kappa shape index (κ1) is 15.7. The zero-order valence-electron chi connectivity index (χ0n) is 11.4. The van der Waals surface area contributed by atoms with Gasteiger partial charge in [-0.05, 0) is 49.4 Å². The van der Waals surface area contributed by atoms with Crippen molar-refractivity contribution in [1.29, 1.82) is 0 Å². The predicted molar refractivity (Wildman–Crippen MR) is 76.9 cm³/mol. The van der Waals surface area contributed by atoms with Crippen LogP contribution in [0.3, 0.4) is 0 Å². The monoisotopic (exact) mass is 303 g/mol. The van der Waals surface area contributed by atoms with E-state index in [0.717, 1.165) is 18.6 Å². The van der Waals surface area contributed by atoms with Crippen LogP contribution in [0.5, 0.6) is 0 Å². The summed E-state index contributed by atoms with van der Waals surface area (Å²) >= 11 is 1.35. The molecule has 2 N–H and O–H groups in total. The number of hydrogen-bond acceptors (Lipinski definition) is 2. The average Bonchev–Trinajstić information content (AvgIpc) is 2.89. The van der Waals surface area contributed by atoms with Gasteiger partial charge < -0.3 is 5.73 Å². The lowest BCUT2D eigenvalue weighted by atomic mass is 10.1. The molecule has 0 aromatic heterocycles. The molecule has 0 amide bonds. The fraction of sp³-hybridized carbons (Fsp3) is 0.600. The largest absolute Gasteiger partial charge is 0.417 e. The Morgan fingerprint density at radius 2 is 1.90 bits per heavy atom. The molecule has 0 heterocycles.